The molecule has 0 fully saturated rings. The average Bonchev–Trinajstić information content (AvgIpc) is 2.26. The number of rotatable bonds is 4. The van der Waals surface area contributed by atoms with Crippen LogP contribution in [0, 0.1) is 0 Å². The van der Waals surface area contributed by atoms with E-state index in [0.29, 0.717) is 0 Å². The summed E-state index contributed by atoms with van der Waals surface area (Å²) >= 11 is 0. The van der Waals surface area contributed by atoms with Gasteiger partial charge in [-0.25, -0.2) is 0 Å². The van der Waals surface area contributed by atoms with Crippen LogP contribution in [0.5, 0.6) is 0 Å². The van der Waals surface area contributed by atoms with Crippen molar-refractivity contribution in [3.8, 4) is 0 Å². The maximum Gasteiger partial charge on any atom is 0.312 e. The predicted molar refractivity (Wildman–Crippen MR) is 74.0 cm³/mol. The molecule has 4 heteroatoms. The Hall–Kier alpha value is -1.84. The van der Waals surface area contributed by atoms with Gasteiger partial charge in [-0.05, 0) is 23.5 Å². The molecule has 0 spiro atoms. The van der Waals surface area contributed by atoms with E-state index in [1.54, 1.807) is 0 Å². The summed E-state index contributed by atoms with van der Waals surface area (Å²) in [6, 6.07) is 7.81. The van der Waals surface area contributed by atoms with E-state index in [2.05, 4.69) is 26.1 Å². The Morgan fingerprint density at radius 2 is 1.74 bits per heavy atom. The first-order valence-electron chi connectivity index (χ1n) is 6.32. The molecule has 0 aliphatic carbocycles. The lowest BCUT2D eigenvalue weighted by Gasteiger charge is -2.20. The highest BCUT2D eigenvalue weighted by atomic mass is 16.4. The zero-order valence-electron chi connectivity index (χ0n) is 11.9. The molecule has 1 rings (SSSR count). The molecule has 4 nitrogen and oxygen atoms in total. The molecule has 1 amide bonds. The maximum absolute atomic E-state index is 11.4. The van der Waals surface area contributed by atoms with Crippen LogP contribution >= 0.6 is 0 Å². The molecule has 1 unspecified atom stereocenters. The summed E-state index contributed by atoms with van der Waals surface area (Å²) in [5, 5.41) is 11.2. The Morgan fingerprint density at radius 1 is 1.21 bits per heavy atom. The number of amides is 1. The Morgan fingerprint density at radius 3 is 2.16 bits per heavy atom. The standard InChI is InChI=1S/C15H21NO3/c1-10(16-13(17)9-14(18)19)11-5-7-12(8-6-11)15(2,3)4/h5-8,10H,9H2,1-4H3,(H,16,17)(H,18,19). The first kappa shape index (κ1) is 15.2. The van der Waals surface area contributed by atoms with Gasteiger partial charge in [-0.3, -0.25) is 9.59 Å². The molecule has 0 aliphatic heterocycles. The van der Waals surface area contributed by atoms with Crippen molar-refractivity contribution in [3.63, 3.8) is 0 Å². The van der Waals surface area contributed by atoms with Gasteiger partial charge in [-0.2, -0.15) is 0 Å². The topological polar surface area (TPSA) is 66.4 Å². The van der Waals surface area contributed by atoms with Crippen LogP contribution in [0.25, 0.3) is 0 Å². The molecule has 0 aliphatic rings. The van der Waals surface area contributed by atoms with Crippen molar-refractivity contribution >= 4 is 11.9 Å². The highest BCUT2D eigenvalue weighted by Gasteiger charge is 2.15. The largest absolute Gasteiger partial charge is 0.481 e. The second kappa shape index (κ2) is 5.87. The molecule has 0 aromatic heterocycles. The maximum atomic E-state index is 11.4. The van der Waals surface area contributed by atoms with Crippen LogP contribution in [0.2, 0.25) is 0 Å². The molecular weight excluding hydrogens is 242 g/mol. The number of carboxylic acids is 1. The first-order valence-corrected chi connectivity index (χ1v) is 6.32. The number of carbonyl (C=O) groups excluding carboxylic acids is 1. The SMILES string of the molecule is CC(NC(=O)CC(=O)O)c1ccc(C(C)(C)C)cc1. The zero-order chi connectivity index (χ0) is 14.6. The molecular formula is C15H21NO3. The summed E-state index contributed by atoms with van der Waals surface area (Å²) in [5.74, 6) is -1.59. The van der Waals surface area contributed by atoms with Gasteiger partial charge in [0.05, 0.1) is 6.04 Å². The molecule has 0 heterocycles. The fourth-order valence-electron chi connectivity index (χ4n) is 1.78. The van der Waals surface area contributed by atoms with E-state index in [4.69, 9.17) is 5.11 Å². The van der Waals surface area contributed by atoms with E-state index in [9.17, 15) is 9.59 Å². The van der Waals surface area contributed by atoms with Crippen LogP contribution in [0.1, 0.15) is 51.3 Å². The van der Waals surface area contributed by atoms with E-state index in [-0.39, 0.29) is 11.5 Å². The van der Waals surface area contributed by atoms with Crippen LogP contribution in [0.15, 0.2) is 24.3 Å². The summed E-state index contributed by atoms with van der Waals surface area (Å²) in [5.41, 5.74) is 2.28. The van der Waals surface area contributed by atoms with Crippen LogP contribution < -0.4 is 5.32 Å². The summed E-state index contributed by atoms with van der Waals surface area (Å²) in [6.45, 7) is 8.26. The molecule has 1 atom stereocenters. The average molecular weight is 263 g/mol. The van der Waals surface area contributed by atoms with Gasteiger partial charge in [-0.15, -0.1) is 0 Å². The van der Waals surface area contributed by atoms with Gasteiger partial charge in [0.1, 0.15) is 6.42 Å². The third-order valence-corrected chi connectivity index (χ3v) is 2.97. The Bertz CT molecular complexity index is 457. The normalized spacial score (nSPS) is 12.8. The van der Waals surface area contributed by atoms with Gasteiger partial charge in [0, 0.05) is 0 Å². The van der Waals surface area contributed by atoms with Gasteiger partial charge in [0.2, 0.25) is 5.91 Å². The highest BCUT2D eigenvalue weighted by Crippen LogP contribution is 2.23. The van der Waals surface area contributed by atoms with Gasteiger partial charge < -0.3 is 10.4 Å². The van der Waals surface area contributed by atoms with Crippen LogP contribution in [-0.2, 0) is 15.0 Å². The van der Waals surface area contributed by atoms with Crippen molar-refractivity contribution in [2.75, 3.05) is 0 Å². The molecule has 1 aromatic carbocycles. The molecule has 0 bridgehead atoms. The lowest BCUT2D eigenvalue weighted by Crippen LogP contribution is -2.28. The van der Waals surface area contributed by atoms with E-state index in [0.717, 1.165) is 5.56 Å². The number of carbonyl (C=O) groups is 2. The van der Waals surface area contributed by atoms with Crippen LogP contribution in [0.4, 0.5) is 0 Å². The lowest BCUT2D eigenvalue weighted by atomic mass is 9.86. The summed E-state index contributed by atoms with van der Waals surface area (Å²) in [6.07, 6.45) is -0.496. The van der Waals surface area contributed by atoms with E-state index < -0.39 is 18.3 Å². The van der Waals surface area contributed by atoms with Crippen molar-refractivity contribution in [2.45, 2.75) is 45.6 Å². The summed E-state index contributed by atoms with van der Waals surface area (Å²) < 4.78 is 0. The Labute approximate surface area is 113 Å². The minimum absolute atomic E-state index is 0.0916. The molecule has 0 saturated carbocycles. The summed E-state index contributed by atoms with van der Waals surface area (Å²) in [7, 11) is 0. The number of benzene rings is 1. The monoisotopic (exact) mass is 263 g/mol. The second-order valence-corrected chi connectivity index (χ2v) is 5.73. The van der Waals surface area contributed by atoms with Gasteiger partial charge in [-0.1, -0.05) is 45.0 Å². The van der Waals surface area contributed by atoms with Gasteiger partial charge in [0.15, 0.2) is 0 Å². The number of hydrogen-bond acceptors (Lipinski definition) is 2. The fraction of sp³-hybridized carbons (Fsp3) is 0.467. The second-order valence-electron chi connectivity index (χ2n) is 5.73. The quantitative estimate of drug-likeness (QED) is 0.821. The fourth-order valence-corrected chi connectivity index (χ4v) is 1.78. The smallest absolute Gasteiger partial charge is 0.312 e. The highest BCUT2D eigenvalue weighted by molar-refractivity contribution is 5.93. The van der Waals surface area contributed by atoms with Crippen LogP contribution in [-0.4, -0.2) is 17.0 Å². The Kier molecular flexibility index (Phi) is 4.70. The Balaban J connectivity index is 2.70. The van der Waals surface area contributed by atoms with Gasteiger partial charge in [0.25, 0.3) is 0 Å². The molecule has 0 radical (unpaired) electrons. The molecule has 2 N–H and O–H groups in total. The van der Waals surface area contributed by atoms with Crippen LogP contribution in [0.3, 0.4) is 0 Å². The van der Waals surface area contributed by atoms with Crippen molar-refractivity contribution in [3.05, 3.63) is 35.4 Å². The molecule has 19 heavy (non-hydrogen) atoms. The number of hydrogen-bond donors (Lipinski definition) is 2. The third-order valence-electron chi connectivity index (χ3n) is 2.97. The van der Waals surface area contributed by atoms with Gasteiger partial charge >= 0.3 is 5.97 Å². The van der Waals surface area contributed by atoms with E-state index >= 15 is 0 Å². The third kappa shape index (κ3) is 4.73. The number of carboxylic acid groups (broad SMARTS) is 1. The molecule has 1 aromatic rings. The van der Waals surface area contributed by atoms with Crippen molar-refractivity contribution in [1.29, 1.82) is 0 Å². The van der Waals surface area contributed by atoms with Crippen molar-refractivity contribution in [2.24, 2.45) is 0 Å². The molecule has 0 saturated heterocycles. The number of aliphatic carboxylic acids is 1. The first-order chi connectivity index (χ1) is 8.70. The molecule has 104 valence electrons. The minimum Gasteiger partial charge on any atom is -0.481 e. The van der Waals surface area contributed by atoms with Crippen molar-refractivity contribution in [1.82, 2.24) is 5.32 Å². The lowest BCUT2D eigenvalue weighted by molar-refractivity contribution is -0.140. The van der Waals surface area contributed by atoms with E-state index in [1.165, 1.54) is 5.56 Å². The predicted octanol–water partition coefficient (Wildman–Crippen LogP) is 2.64. The van der Waals surface area contributed by atoms with Crippen molar-refractivity contribution < 1.29 is 14.7 Å². The summed E-state index contributed by atoms with van der Waals surface area (Å²) in [4.78, 5) is 21.8. The minimum atomic E-state index is -1.12. The van der Waals surface area contributed by atoms with E-state index in [1.807, 2.05) is 31.2 Å². The number of nitrogens with one attached hydrogen (secondary N) is 1. The zero-order valence-corrected chi connectivity index (χ0v) is 11.9.